The van der Waals surface area contributed by atoms with Gasteiger partial charge in [-0.25, -0.2) is 4.79 Å². The van der Waals surface area contributed by atoms with Crippen molar-refractivity contribution in [2.24, 2.45) is 5.92 Å². The number of alkyl halides is 3. The highest BCUT2D eigenvalue weighted by Gasteiger charge is 2.35. The average Bonchev–Trinajstić information content (AvgIpc) is 2.95. The van der Waals surface area contributed by atoms with Gasteiger partial charge in [0.25, 0.3) is 0 Å². The number of hydrogen-bond acceptors (Lipinski definition) is 2. The Morgan fingerprint density at radius 3 is 2.46 bits per heavy atom. The summed E-state index contributed by atoms with van der Waals surface area (Å²) in [6, 6.07) is 1.03. The van der Waals surface area contributed by atoms with Gasteiger partial charge in [-0.3, -0.25) is 4.68 Å². The van der Waals surface area contributed by atoms with Gasteiger partial charge in [0, 0.05) is 25.3 Å². The maximum atomic E-state index is 12.6. The Bertz CT molecular complexity index is 574. The van der Waals surface area contributed by atoms with Crippen LogP contribution in [0.4, 0.5) is 18.0 Å². The summed E-state index contributed by atoms with van der Waals surface area (Å²) in [5, 5.41) is 6.68. The van der Waals surface area contributed by atoms with E-state index < -0.39 is 11.9 Å². The van der Waals surface area contributed by atoms with Crippen LogP contribution in [0.2, 0.25) is 0 Å². The molecule has 1 aromatic rings. The average molecular weight is 344 g/mol. The molecule has 1 atom stereocenters. The Morgan fingerprint density at radius 2 is 1.96 bits per heavy atom. The summed E-state index contributed by atoms with van der Waals surface area (Å²) in [5.41, 5.74) is -0.864. The van der Waals surface area contributed by atoms with Gasteiger partial charge in [-0.15, -0.1) is 0 Å². The van der Waals surface area contributed by atoms with E-state index >= 15 is 0 Å². The van der Waals surface area contributed by atoms with Crippen LogP contribution in [0.25, 0.3) is 0 Å². The van der Waals surface area contributed by atoms with Crippen LogP contribution in [0.15, 0.2) is 12.3 Å². The number of carbonyl (C=O) groups is 1. The molecule has 1 N–H and O–H groups in total. The maximum absolute atomic E-state index is 12.6. The number of halogens is 3. The second-order valence-corrected chi connectivity index (χ2v) is 6.83. The molecule has 1 aliphatic carbocycles. The van der Waals surface area contributed by atoms with Crippen molar-refractivity contribution in [2.75, 3.05) is 13.1 Å². The molecule has 0 bridgehead atoms. The lowest BCUT2D eigenvalue weighted by molar-refractivity contribution is -0.141. The molecule has 8 heteroatoms. The molecule has 134 valence electrons. The number of piperidine rings is 1. The predicted octanol–water partition coefficient (Wildman–Crippen LogP) is 3.44. The zero-order valence-electron chi connectivity index (χ0n) is 13.7. The molecular formula is C16H23F3N4O. The van der Waals surface area contributed by atoms with E-state index in [1.165, 1.54) is 30.1 Å². The van der Waals surface area contributed by atoms with Gasteiger partial charge in [0.15, 0.2) is 5.69 Å². The normalized spacial score (nSPS) is 21.4. The van der Waals surface area contributed by atoms with Crippen LogP contribution >= 0.6 is 0 Å². The zero-order valence-corrected chi connectivity index (χ0v) is 13.7. The van der Waals surface area contributed by atoms with Gasteiger partial charge in [0.2, 0.25) is 0 Å². The van der Waals surface area contributed by atoms with Crippen molar-refractivity contribution in [1.29, 1.82) is 0 Å². The fourth-order valence-electron chi connectivity index (χ4n) is 3.37. The second kappa shape index (κ2) is 6.64. The Balaban J connectivity index is 1.50. The highest BCUT2D eigenvalue weighted by atomic mass is 19.4. The van der Waals surface area contributed by atoms with Crippen LogP contribution in [-0.4, -0.2) is 39.8 Å². The van der Waals surface area contributed by atoms with Crippen LogP contribution < -0.4 is 5.32 Å². The number of aromatic nitrogens is 2. The van der Waals surface area contributed by atoms with Crippen molar-refractivity contribution in [1.82, 2.24) is 20.0 Å². The molecule has 0 radical (unpaired) electrons. The standard InChI is InChI=1S/C16H23F3N4O/c1-11(12-3-2-4-12)20-15(24)22-8-5-13(6-9-22)23-10-7-14(21-23)16(17,18)19/h7,10-13H,2-6,8-9H2,1H3,(H,20,24)/t11-/m1/s1. The highest BCUT2D eigenvalue weighted by molar-refractivity contribution is 5.74. The number of urea groups is 1. The summed E-state index contributed by atoms with van der Waals surface area (Å²) >= 11 is 0. The molecule has 2 fully saturated rings. The molecule has 0 spiro atoms. The summed E-state index contributed by atoms with van der Waals surface area (Å²) in [7, 11) is 0. The first kappa shape index (κ1) is 17.1. The number of carbonyl (C=O) groups excluding carboxylic acids is 1. The highest BCUT2D eigenvalue weighted by Crippen LogP contribution is 2.31. The molecule has 2 heterocycles. The van der Waals surface area contributed by atoms with Crippen molar-refractivity contribution < 1.29 is 18.0 Å². The van der Waals surface area contributed by atoms with Crippen LogP contribution in [0.5, 0.6) is 0 Å². The lowest BCUT2D eigenvalue weighted by Gasteiger charge is -2.36. The molecule has 1 saturated carbocycles. The van der Waals surface area contributed by atoms with Crippen LogP contribution in [0.1, 0.15) is 50.8 Å². The number of nitrogens with zero attached hydrogens (tertiary/aromatic N) is 3. The first-order valence-corrected chi connectivity index (χ1v) is 8.52. The van der Waals surface area contributed by atoms with E-state index in [1.807, 2.05) is 6.92 Å². The van der Waals surface area contributed by atoms with E-state index in [2.05, 4.69) is 10.4 Å². The first-order chi connectivity index (χ1) is 11.3. The number of amides is 2. The molecule has 3 rings (SSSR count). The van der Waals surface area contributed by atoms with Crippen molar-refractivity contribution >= 4 is 6.03 Å². The summed E-state index contributed by atoms with van der Waals surface area (Å²) in [4.78, 5) is 14.0. The van der Waals surface area contributed by atoms with Crippen molar-refractivity contribution in [3.05, 3.63) is 18.0 Å². The molecule has 1 saturated heterocycles. The number of rotatable bonds is 3. The van der Waals surface area contributed by atoms with Gasteiger partial charge in [-0.1, -0.05) is 6.42 Å². The Morgan fingerprint density at radius 1 is 1.29 bits per heavy atom. The smallest absolute Gasteiger partial charge is 0.335 e. The molecule has 2 aliphatic rings. The third-order valence-corrected chi connectivity index (χ3v) is 5.23. The van der Waals surface area contributed by atoms with E-state index in [9.17, 15) is 18.0 Å². The van der Waals surface area contributed by atoms with Crippen molar-refractivity contribution in [3.8, 4) is 0 Å². The topological polar surface area (TPSA) is 50.2 Å². The quantitative estimate of drug-likeness (QED) is 0.913. The Labute approximate surface area is 139 Å². The van der Waals surface area contributed by atoms with Gasteiger partial charge in [0.1, 0.15) is 0 Å². The minimum absolute atomic E-state index is 0.0655. The number of hydrogen-bond donors (Lipinski definition) is 1. The summed E-state index contributed by atoms with van der Waals surface area (Å²) in [6.45, 7) is 3.11. The van der Waals surface area contributed by atoms with Crippen LogP contribution in [0.3, 0.4) is 0 Å². The SMILES string of the molecule is C[C@@H](NC(=O)N1CCC(n2ccc(C(F)(F)F)n2)CC1)C1CCC1. The zero-order chi connectivity index (χ0) is 17.3. The molecule has 1 aliphatic heterocycles. The van der Waals surface area contributed by atoms with Gasteiger partial charge in [0.05, 0.1) is 6.04 Å². The van der Waals surface area contributed by atoms with Crippen molar-refractivity contribution in [2.45, 2.75) is 57.3 Å². The van der Waals surface area contributed by atoms with Gasteiger partial charge in [-0.05, 0) is 44.6 Å². The molecule has 24 heavy (non-hydrogen) atoms. The summed E-state index contributed by atoms with van der Waals surface area (Å²) in [5.74, 6) is 0.580. The molecule has 0 unspecified atom stereocenters. The molecule has 1 aromatic heterocycles. The predicted molar refractivity (Wildman–Crippen MR) is 82.4 cm³/mol. The van der Waals surface area contributed by atoms with Gasteiger partial charge < -0.3 is 10.2 Å². The van der Waals surface area contributed by atoms with E-state index in [0.717, 1.165) is 6.07 Å². The molecule has 2 amide bonds. The lowest BCUT2D eigenvalue weighted by atomic mass is 9.80. The van der Waals surface area contributed by atoms with Crippen molar-refractivity contribution in [3.63, 3.8) is 0 Å². The Kier molecular flexibility index (Phi) is 4.73. The third-order valence-electron chi connectivity index (χ3n) is 5.23. The van der Waals surface area contributed by atoms with Gasteiger partial charge >= 0.3 is 12.2 Å². The van der Waals surface area contributed by atoms with Crippen LogP contribution in [-0.2, 0) is 6.18 Å². The first-order valence-electron chi connectivity index (χ1n) is 8.52. The monoisotopic (exact) mass is 344 g/mol. The Hall–Kier alpha value is -1.73. The minimum atomic E-state index is -4.41. The fraction of sp³-hybridized carbons (Fsp3) is 0.750. The summed E-state index contributed by atoms with van der Waals surface area (Å²) < 4.78 is 39.2. The largest absolute Gasteiger partial charge is 0.435 e. The maximum Gasteiger partial charge on any atom is 0.435 e. The molecular weight excluding hydrogens is 321 g/mol. The minimum Gasteiger partial charge on any atom is -0.335 e. The molecule has 0 aromatic carbocycles. The van der Waals surface area contributed by atoms with Gasteiger partial charge in [-0.2, -0.15) is 18.3 Å². The second-order valence-electron chi connectivity index (χ2n) is 6.83. The number of nitrogens with one attached hydrogen (secondary N) is 1. The van der Waals surface area contributed by atoms with E-state index in [-0.39, 0.29) is 18.1 Å². The molecule has 5 nitrogen and oxygen atoms in total. The van der Waals surface area contributed by atoms with E-state index in [1.54, 1.807) is 4.90 Å². The third kappa shape index (κ3) is 3.67. The lowest BCUT2D eigenvalue weighted by Crippen LogP contribution is -2.50. The summed E-state index contributed by atoms with van der Waals surface area (Å²) in [6.07, 6.45) is 1.77. The fourth-order valence-corrected chi connectivity index (χ4v) is 3.37. The number of likely N-dealkylation sites (tertiary alicyclic amines) is 1. The van der Waals surface area contributed by atoms with Crippen LogP contribution in [0, 0.1) is 5.92 Å². The van der Waals surface area contributed by atoms with E-state index in [0.29, 0.717) is 31.8 Å². The van der Waals surface area contributed by atoms with E-state index in [4.69, 9.17) is 0 Å².